The van der Waals surface area contributed by atoms with Crippen molar-refractivity contribution in [1.29, 1.82) is 0 Å². The van der Waals surface area contributed by atoms with Gasteiger partial charge in [-0.1, -0.05) is 25.4 Å². The molecule has 0 aliphatic rings. The van der Waals surface area contributed by atoms with Gasteiger partial charge >= 0.3 is 5.97 Å². The highest BCUT2D eigenvalue weighted by Gasteiger charge is 2.12. The molecule has 0 amide bonds. The molecule has 5 nitrogen and oxygen atoms in total. The van der Waals surface area contributed by atoms with Gasteiger partial charge in [0.25, 0.3) is 0 Å². The van der Waals surface area contributed by atoms with Crippen molar-refractivity contribution in [2.24, 2.45) is 0 Å². The molecular formula is C12H17ClN2O3. The maximum absolute atomic E-state index is 10.8. The van der Waals surface area contributed by atoms with E-state index in [4.69, 9.17) is 21.4 Å². The summed E-state index contributed by atoms with van der Waals surface area (Å²) in [5, 5.41) is 8.98. The van der Waals surface area contributed by atoms with Crippen LogP contribution in [0.4, 0.5) is 0 Å². The molecule has 100 valence electrons. The van der Waals surface area contributed by atoms with Gasteiger partial charge in [-0.2, -0.15) is 0 Å². The number of pyridine rings is 1. The van der Waals surface area contributed by atoms with Crippen molar-refractivity contribution in [3.63, 3.8) is 0 Å². The van der Waals surface area contributed by atoms with Crippen LogP contribution in [-0.2, 0) is 0 Å². The molecule has 0 unspecified atom stereocenters. The van der Waals surface area contributed by atoms with Gasteiger partial charge in [0.15, 0.2) is 5.69 Å². The number of ether oxygens (including phenoxy) is 1. The number of rotatable bonds is 7. The van der Waals surface area contributed by atoms with Crippen LogP contribution < -0.4 is 4.74 Å². The Labute approximate surface area is 111 Å². The predicted octanol–water partition coefficient (Wildman–Crippen LogP) is 2.15. The van der Waals surface area contributed by atoms with Crippen molar-refractivity contribution in [3.05, 3.63) is 22.8 Å². The average Bonchev–Trinajstić information content (AvgIpc) is 2.36. The molecular weight excluding hydrogens is 256 g/mol. The average molecular weight is 273 g/mol. The highest BCUT2D eigenvalue weighted by molar-refractivity contribution is 6.33. The zero-order chi connectivity index (χ0) is 13.5. The number of hydrogen-bond acceptors (Lipinski definition) is 4. The lowest BCUT2D eigenvalue weighted by Gasteiger charge is -2.17. The number of hydrogen-bond donors (Lipinski definition) is 1. The zero-order valence-corrected chi connectivity index (χ0v) is 11.3. The Balaban J connectivity index is 2.58. The second kappa shape index (κ2) is 7.18. The Morgan fingerprint density at radius 1 is 1.44 bits per heavy atom. The van der Waals surface area contributed by atoms with Crippen LogP contribution in [0.3, 0.4) is 0 Å². The number of carboxylic acids is 1. The van der Waals surface area contributed by atoms with Crippen LogP contribution in [0.25, 0.3) is 0 Å². The fourth-order valence-corrected chi connectivity index (χ4v) is 1.66. The molecule has 0 radical (unpaired) electrons. The predicted molar refractivity (Wildman–Crippen MR) is 69.5 cm³/mol. The molecule has 6 heteroatoms. The van der Waals surface area contributed by atoms with Gasteiger partial charge in [-0.25, -0.2) is 9.78 Å². The Bertz CT molecular complexity index is 408. The van der Waals surface area contributed by atoms with E-state index >= 15 is 0 Å². The second-order valence-corrected chi connectivity index (χ2v) is 4.07. The molecule has 1 heterocycles. The van der Waals surface area contributed by atoms with Crippen LogP contribution in [0.1, 0.15) is 24.3 Å². The van der Waals surface area contributed by atoms with E-state index < -0.39 is 5.97 Å². The van der Waals surface area contributed by atoms with Gasteiger partial charge in [-0.3, -0.25) is 0 Å². The molecule has 1 aromatic rings. The Kier molecular flexibility index (Phi) is 5.88. The third kappa shape index (κ3) is 4.16. The maximum Gasteiger partial charge on any atom is 0.356 e. The minimum Gasteiger partial charge on any atom is -0.476 e. The van der Waals surface area contributed by atoms with Crippen molar-refractivity contribution < 1.29 is 14.6 Å². The molecule has 18 heavy (non-hydrogen) atoms. The molecule has 0 saturated heterocycles. The first kappa shape index (κ1) is 14.7. The standard InChI is InChI=1S/C12H17ClN2O3/c1-3-15(4-2)7-8-18-10-6-5-9(13)11(14-10)12(16)17/h5-6H,3-4,7-8H2,1-2H3,(H,16,17). The van der Waals surface area contributed by atoms with Crippen LogP contribution in [-0.4, -0.2) is 47.2 Å². The summed E-state index contributed by atoms with van der Waals surface area (Å²) in [4.78, 5) is 16.9. The fourth-order valence-electron chi connectivity index (χ4n) is 1.47. The molecule has 0 aromatic carbocycles. The zero-order valence-electron chi connectivity index (χ0n) is 10.5. The summed E-state index contributed by atoms with van der Waals surface area (Å²) >= 11 is 5.71. The van der Waals surface area contributed by atoms with E-state index in [-0.39, 0.29) is 16.6 Å². The molecule has 1 aromatic heterocycles. The molecule has 0 aliphatic heterocycles. The molecule has 0 saturated carbocycles. The maximum atomic E-state index is 10.8. The lowest BCUT2D eigenvalue weighted by atomic mass is 10.3. The summed E-state index contributed by atoms with van der Waals surface area (Å²) in [5.41, 5.74) is -0.183. The number of carbonyl (C=O) groups is 1. The van der Waals surface area contributed by atoms with Crippen LogP contribution in [0.15, 0.2) is 12.1 Å². The van der Waals surface area contributed by atoms with E-state index in [1.165, 1.54) is 6.07 Å². The highest BCUT2D eigenvalue weighted by Crippen LogP contribution is 2.17. The van der Waals surface area contributed by atoms with Crippen molar-refractivity contribution in [3.8, 4) is 5.88 Å². The van der Waals surface area contributed by atoms with E-state index in [0.717, 1.165) is 19.6 Å². The van der Waals surface area contributed by atoms with Gasteiger partial charge in [0.1, 0.15) is 6.61 Å². The summed E-state index contributed by atoms with van der Waals surface area (Å²) in [5.74, 6) is -0.877. The van der Waals surface area contributed by atoms with Crippen molar-refractivity contribution in [2.75, 3.05) is 26.2 Å². The highest BCUT2D eigenvalue weighted by atomic mass is 35.5. The Morgan fingerprint density at radius 3 is 2.67 bits per heavy atom. The van der Waals surface area contributed by atoms with Crippen molar-refractivity contribution >= 4 is 17.6 Å². The normalized spacial score (nSPS) is 10.7. The molecule has 0 fully saturated rings. The SMILES string of the molecule is CCN(CC)CCOc1ccc(Cl)c(C(=O)O)n1. The van der Waals surface area contributed by atoms with Crippen molar-refractivity contribution in [2.45, 2.75) is 13.8 Å². The lowest BCUT2D eigenvalue weighted by Crippen LogP contribution is -2.28. The van der Waals surface area contributed by atoms with Crippen LogP contribution in [0.2, 0.25) is 5.02 Å². The number of halogens is 1. The smallest absolute Gasteiger partial charge is 0.356 e. The largest absolute Gasteiger partial charge is 0.476 e. The Hall–Kier alpha value is -1.33. The summed E-state index contributed by atoms with van der Waals surface area (Å²) in [6, 6.07) is 3.04. The van der Waals surface area contributed by atoms with E-state index in [1.54, 1.807) is 6.07 Å². The van der Waals surface area contributed by atoms with Gasteiger partial charge in [0.2, 0.25) is 5.88 Å². The van der Waals surface area contributed by atoms with E-state index in [2.05, 4.69) is 23.7 Å². The number of aromatic nitrogens is 1. The van der Waals surface area contributed by atoms with Crippen molar-refractivity contribution in [1.82, 2.24) is 9.88 Å². The van der Waals surface area contributed by atoms with Crippen LogP contribution in [0.5, 0.6) is 5.88 Å². The minimum atomic E-state index is -1.16. The molecule has 1 rings (SSSR count). The first-order chi connectivity index (χ1) is 8.58. The first-order valence-corrected chi connectivity index (χ1v) is 6.21. The van der Waals surface area contributed by atoms with E-state index in [0.29, 0.717) is 6.61 Å². The number of aromatic carboxylic acids is 1. The summed E-state index contributed by atoms with van der Waals surface area (Å²) in [6.07, 6.45) is 0. The molecule has 0 aliphatic carbocycles. The van der Waals surface area contributed by atoms with Gasteiger partial charge in [-0.15, -0.1) is 0 Å². The number of nitrogens with zero attached hydrogens (tertiary/aromatic N) is 2. The van der Waals surface area contributed by atoms with Crippen LogP contribution >= 0.6 is 11.6 Å². The number of carboxylic acid groups (broad SMARTS) is 1. The quantitative estimate of drug-likeness (QED) is 0.824. The summed E-state index contributed by atoms with van der Waals surface area (Å²) in [6.45, 7) is 7.30. The van der Waals surface area contributed by atoms with Gasteiger partial charge in [0, 0.05) is 12.6 Å². The second-order valence-electron chi connectivity index (χ2n) is 3.66. The minimum absolute atomic E-state index is 0.110. The summed E-state index contributed by atoms with van der Waals surface area (Å²) in [7, 11) is 0. The van der Waals surface area contributed by atoms with Gasteiger partial charge in [0.05, 0.1) is 5.02 Å². The number of likely N-dealkylation sites (N-methyl/N-ethyl adjacent to an activating group) is 1. The first-order valence-electron chi connectivity index (χ1n) is 5.83. The van der Waals surface area contributed by atoms with Crippen LogP contribution in [0, 0.1) is 0 Å². The molecule has 0 atom stereocenters. The third-order valence-electron chi connectivity index (χ3n) is 2.57. The monoisotopic (exact) mass is 272 g/mol. The topological polar surface area (TPSA) is 62.7 Å². The molecule has 0 bridgehead atoms. The van der Waals surface area contributed by atoms with E-state index in [9.17, 15) is 4.79 Å². The van der Waals surface area contributed by atoms with E-state index in [1.807, 2.05) is 0 Å². The molecule has 0 spiro atoms. The van der Waals surface area contributed by atoms with Gasteiger partial charge in [-0.05, 0) is 19.2 Å². The lowest BCUT2D eigenvalue weighted by molar-refractivity contribution is 0.0689. The Morgan fingerprint density at radius 2 is 2.11 bits per heavy atom. The molecule has 1 N–H and O–H groups in total. The van der Waals surface area contributed by atoms with Gasteiger partial charge < -0.3 is 14.7 Å². The third-order valence-corrected chi connectivity index (χ3v) is 2.88. The fraction of sp³-hybridized carbons (Fsp3) is 0.500. The summed E-state index contributed by atoms with van der Waals surface area (Å²) < 4.78 is 5.41.